The third kappa shape index (κ3) is 4.28. The van der Waals surface area contributed by atoms with Crippen molar-refractivity contribution in [2.24, 2.45) is 13.0 Å². The first-order chi connectivity index (χ1) is 9.16. The zero-order valence-electron chi connectivity index (χ0n) is 12.5. The van der Waals surface area contributed by atoms with Gasteiger partial charge in [-0.3, -0.25) is 4.90 Å². The SMILES string of the molecule is CC(C)CNCC1CCCCN1Cc1nncn1C. The molecule has 0 aromatic carbocycles. The van der Waals surface area contributed by atoms with Crippen molar-refractivity contribution < 1.29 is 0 Å². The molecule has 2 rings (SSSR count). The third-order valence-electron chi connectivity index (χ3n) is 3.83. The van der Waals surface area contributed by atoms with Crippen LogP contribution in [0.1, 0.15) is 38.9 Å². The lowest BCUT2D eigenvalue weighted by Gasteiger charge is -2.35. The van der Waals surface area contributed by atoms with Gasteiger partial charge in [-0.1, -0.05) is 20.3 Å². The largest absolute Gasteiger partial charge is 0.320 e. The normalized spacial score (nSPS) is 21.2. The molecule has 0 aliphatic carbocycles. The summed E-state index contributed by atoms with van der Waals surface area (Å²) in [5.74, 6) is 1.78. The number of hydrogen-bond acceptors (Lipinski definition) is 4. The van der Waals surface area contributed by atoms with E-state index in [0.717, 1.165) is 31.4 Å². The lowest BCUT2D eigenvalue weighted by molar-refractivity contribution is 0.132. The Morgan fingerprint density at radius 2 is 2.26 bits per heavy atom. The molecule has 1 aromatic heterocycles. The summed E-state index contributed by atoms with van der Waals surface area (Å²) in [6.07, 6.45) is 5.73. The maximum atomic E-state index is 4.20. The molecule has 0 bridgehead atoms. The van der Waals surface area contributed by atoms with Crippen molar-refractivity contribution in [1.29, 1.82) is 0 Å². The van der Waals surface area contributed by atoms with Crippen molar-refractivity contribution >= 4 is 0 Å². The lowest BCUT2D eigenvalue weighted by Crippen LogP contribution is -2.45. The van der Waals surface area contributed by atoms with Gasteiger partial charge in [-0.05, 0) is 31.8 Å². The molecule has 0 saturated carbocycles. The molecule has 1 atom stereocenters. The first kappa shape index (κ1) is 14.5. The van der Waals surface area contributed by atoms with Crippen LogP contribution < -0.4 is 5.32 Å². The van der Waals surface area contributed by atoms with Crippen LogP contribution in [0.2, 0.25) is 0 Å². The second kappa shape index (κ2) is 7.01. The molecule has 1 unspecified atom stereocenters. The first-order valence-corrected chi connectivity index (χ1v) is 7.44. The quantitative estimate of drug-likeness (QED) is 0.845. The van der Waals surface area contributed by atoms with E-state index in [-0.39, 0.29) is 0 Å². The highest BCUT2D eigenvalue weighted by molar-refractivity contribution is 4.88. The summed E-state index contributed by atoms with van der Waals surface area (Å²) in [6, 6.07) is 0.643. The Hall–Kier alpha value is -0.940. The Labute approximate surface area is 116 Å². The molecule has 1 aromatic rings. The fourth-order valence-corrected chi connectivity index (χ4v) is 2.67. The van der Waals surface area contributed by atoms with Crippen LogP contribution in [0, 0.1) is 5.92 Å². The standard InChI is InChI=1S/C14H27N5/c1-12(2)8-15-9-13-6-4-5-7-19(13)10-14-17-16-11-18(14)3/h11-13,15H,4-10H2,1-3H3. The minimum Gasteiger partial charge on any atom is -0.320 e. The minimum atomic E-state index is 0.643. The summed E-state index contributed by atoms with van der Waals surface area (Å²) in [4.78, 5) is 2.56. The average molecular weight is 265 g/mol. The molecular formula is C14H27N5. The smallest absolute Gasteiger partial charge is 0.146 e. The van der Waals surface area contributed by atoms with E-state index in [2.05, 4.69) is 34.3 Å². The van der Waals surface area contributed by atoms with E-state index in [1.54, 1.807) is 6.33 Å². The van der Waals surface area contributed by atoms with Gasteiger partial charge in [0.15, 0.2) is 0 Å². The summed E-state index contributed by atoms with van der Waals surface area (Å²) in [6.45, 7) is 8.81. The predicted octanol–water partition coefficient (Wildman–Crippen LogP) is 1.42. The van der Waals surface area contributed by atoms with E-state index < -0.39 is 0 Å². The van der Waals surface area contributed by atoms with E-state index in [4.69, 9.17) is 0 Å². The van der Waals surface area contributed by atoms with Crippen molar-refractivity contribution in [3.63, 3.8) is 0 Å². The molecule has 1 aliphatic rings. The second-order valence-electron chi connectivity index (χ2n) is 6.03. The minimum absolute atomic E-state index is 0.643. The fraction of sp³-hybridized carbons (Fsp3) is 0.857. The van der Waals surface area contributed by atoms with Crippen LogP contribution in [0.15, 0.2) is 6.33 Å². The highest BCUT2D eigenvalue weighted by Gasteiger charge is 2.23. The third-order valence-corrected chi connectivity index (χ3v) is 3.83. The Bertz CT molecular complexity index is 374. The summed E-state index contributed by atoms with van der Waals surface area (Å²) in [5.41, 5.74) is 0. The number of rotatable bonds is 6. The van der Waals surface area contributed by atoms with Gasteiger partial charge in [0.25, 0.3) is 0 Å². The Balaban J connectivity index is 1.87. The van der Waals surface area contributed by atoms with E-state index in [9.17, 15) is 0 Å². The van der Waals surface area contributed by atoms with E-state index in [1.807, 2.05) is 11.6 Å². The Morgan fingerprint density at radius 3 is 2.95 bits per heavy atom. The molecule has 1 saturated heterocycles. The first-order valence-electron chi connectivity index (χ1n) is 7.44. The van der Waals surface area contributed by atoms with E-state index >= 15 is 0 Å². The average Bonchev–Trinajstić information content (AvgIpc) is 2.77. The van der Waals surface area contributed by atoms with Gasteiger partial charge in [0.2, 0.25) is 0 Å². The monoisotopic (exact) mass is 265 g/mol. The van der Waals surface area contributed by atoms with Crippen molar-refractivity contribution in [2.75, 3.05) is 19.6 Å². The van der Waals surface area contributed by atoms with Crippen molar-refractivity contribution in [1.82, 2.24) is 25.0 Å². The number of likely N-dealkylation sites (tertiary alicyclic amines) is 1. The van der Waals surface area contributed by atoms with Gasteiger partial charge in [0, 0.05) is 19.6 Å². The molecular weight excluding hydrogens is 238 g/mol. The van der Waals surface area contributed by atoms with Crippen molar-refractivity contribution in [3.05, 3.63) is 12.2 Å². The van der Waals surface area contributed by atoms with Gasteiger partial charge in [0.05, 0.1) is 6.54 Å². The van der Waals surface area contributed by atoms with Crippen LogP contribution >= 0.6 is 0 Å². The van der Waals surface area contributed by atoms with Gasteiger partial charge in [-0.15, -0.1) is 10.2 Å². The van der Waals surface area contributed by atoms with Gasteiger partial charge in [-0.2, -0.15) is 0 Å². The molecule has 0 amide bonds. The highest BCUT2D eigenvalue weighted by atomic mass is 15.3. The summed E-state index contributed by atoms with van der Waals surface area (Å²) >= 11 is 0. The summed E-state index contributed by atoms with van der Waals surface area (Å²) < 4.78 is 2.02. The highest BCUT2D eigenvalue weighted by Crippen LogP contribution is 2.18. The lowest BCUT2D eigenvalue weighted by atomic mass is 10.0. The van der Waals surface area contributed by atoms with Crippen LogP contribution in [-0.4, -0.2) is 45.3 Å². The number of nitrogens with zero attached hydrogens (tertiary/aromatic N) is 4. The molecule has 1 N–H and O–H groups in total. The van der Waals surface area contributed by atoms with Crippen LogP contribution in [0.5, 0.6) is 0 Å². The summed E-state index contributed by atoms with van der Waals surface area (Å²) in [7, 11) is 2.02. The van der Waals surface area contributed by atoms with Crippen molar-refractivity contribution in [2.45, 2.75) is 45.7 Å². The zero-order valence-corrected chi connectivity index (χ0v) is 12.5. The number of hydrogen-bond donors (Lipinski definition) is 1. The van der Waals surface area contributed by atoms with Crippen LogP contribution in [-0.2, 0) is 13.6 Å². The molecule has 5 nitrogen and oxygen atoms in total. The van der Waals surface area contributed by atoms with E-state index in [1.165, 1.54) is 25.8 Å². The van der Waals surface area contributed by atoms with Crippen LogP contribution in [0.4, 0.5) is 0 Å². The number of piperidine rings is 1. The molecule has 0 radical (unpaired) electrons. The maximum absolute atomic E-state index is 4.20. The number of aromatic nitrogens is 3. The van der Waals surface area contributed by atoms with Gasteiger partial charge in [0.1, 0.15) is 12.2 Å². The summed E-state index contributed by atoms with van der Waals surface area (Å²) in [5, 5.41) is 11.8. The molecule has 2 heterocycles. The molecule has 108 valence electrons. The molecule has 5 heteroatoms. The number of nitrogens with one attached hydrogen (secondary N) is 1. The molecule has 1 aliphatic heterocycles. The molecule has 19 heavy (non-hydrogen) atoms. The van der Waals surface area contributed by atoms with Gasteiger partial charge in [-0.25, -0.2) is 0 Å². The Kier molecular flexibility index (Phi) is 5.34. The van der Waals surface area contributed by atoms with Crippen LogP contribution in [0.25, 0.3) is 0 Å². The van der Waals surface area contributed by atoms with Gasteiger partial charge < -0.3 is 9.88 Å². The van der Waals surface area contributed by atoms with Gasteiger partial charge >= 0.3 is 0 Å². The maximum Gasteiger partial charge on any atom is 0.146 e. The van der Waals surface area contributed by atoms with Crippen LogP contribution in [0.3, 0.4) is 0 Å². The Morgan fingerprint density at radius 1 is 1.42 bits per heavy atom. The molecule has 1 fully saturated rings. The topological polar surface area (TPSA) is 46.0 Å². The van der Waals surface area contributed by atoms with Crippen molar-refractivity contribution in [3.8, 4) is 0 Å². The van der Waals surface area contributed by atoms with E-state index in [0.29, 0.717) is 6.04 Å². The second-order valence-corrected chi connectivity index (χ2v) is 6.03. The predicted molar refractivity (Wildman–Crippen MR) is 76.8 cm³/mol. The molecule has 0 spiro atoms. The zero-order chi connectivity index (χ0) is 13.7. The fourth-order valence-electron chi connectivity index (χ4n) is 2.67. The number of aryl methyl sites for hydroxylation is 1.